The Kier molecular flexibility index (Phi) is 6.21. The van der Waals surface area contributed by atoms with E-state index in [1.807, 2.05) is 47.0 Å². The van der Waals surface area contributed by atoms with Crippen molar-refractivity contribution in [1.82, 2.24) is 29.6 Å². The molecule has 0 saturated carbocycles. The number of hydrogen-bond acceptors (Lipinski definition) is 8. The summed E-state index contributed by atoms with van der Waals surface area (Å²) in [5.41, 5.74) is 2.44. The molecular formula is C29H29N7O2S. The zero-order chi connectivity index (χ0) is 26.3. The molecule has 10 heteroatoms. The lowest BCUT2D eigenvalue weighted by atomic mass is 10.1. The number of benzene rings is 1. The summed E-state index contributed by atoms with van der Waals surface area (Å²) in [4.78, 5) is 46.2. The zero-order valence-corrected chi connectivity index (χ0v) is 22.4. The smallest absolute Gasteiger partial charge is 0.258 e. The Morgan fingerprint density at radius 1 is 1.08 bits per heavy atom. The monoisotopic (exact) mass is 539 g/mol. The Labute approximate surface area is 229 Å². The van der Waals surface area contributed by atoms with Crippen LogP contribution in [0.2, 0.25) is 0 Å². The topological polar surface area (TPSA) is 95.7 Å². The number of anilines is 1. The normalized spacial score (nSPS) is 18.1. The standard InChI is InChI=1S/C29H29N7O2S/c37-26-20-7-8-24(35-15-9-19(18-35)21-17-30-10-11-31-21)33-27(20)36-22-5-1-2-6-23(22)39-29(36)25(26)28(38)32-12-16-34-13-3-4-14-34/h1-2,5-8,10-11,17,19H,3-4,9,12-16,18H2,(H,32,38). The number of para-hydroxylation sites is 1. The largest absolute Gasteiger partial charge is 0.356 e. The van der Waals surface area contributed by atoms with Gasteiger partial charge in [-0.3, -0.25) is 24.0 Å². The maximum atomic E-state index is 13.8. The molecule has 39 heavy (non-hydrogen) atoms. The first-order chi connectivity index (χ1) is 19.2. The second kappa shape index (κ2) is 10.0. The van der Waals surface area contributed by atoms with Gasteiger partial charge < -0.3 is 15.1 Å². The van der Waals surface area contributed by atoms with Crippen molar-refractivity contribution >= 4 is 49.1 Å². The van der Waals surface area contributed by atoms with Crippen molar-refractivity contribution < 1.29 is 4.79 Å². The molecule has 0 radical (unpaired) electrons. The minimum atomic E-state index is -0.319. The number of aromatic nitrogens is 4. The molecule has 2 fully saturated rings. The average Bonchev–Trinajstić information content (AvgIpc) is 3.74. The molecule has 1 aromatic carbocycles. The second-order valence-electron chi connectivity index (χ2n) is 10.3. The fourth-order valence-corrected chi connectivity index (χ4v) is 7.09. The van der Waals surface area contributed by atoms with Gasteiger partial charge in [-0.2, -0.15) is 0 Å². The number of thiazole rings is 1. The quantitative estimate of drug-likeness (QED) is 0.352. The number of rotatable bonds is 6. The van der Waals surface area contributed by atoms with Gasteiger partial charge in [-0.1, -0.05) is 12.1 Å². The number of fused-ring (bicyclic) bond motifs is 5. The Hall–Kier alpha value is -3.89. The van der Waals surface area contributed by atoms with Crippen molar-refractivity contribution in [1.29, 1.82) is 0 Å². The number of carbonyl (C=O) groups is 1. The molecule has 5 aromatic rings. The highest BCUT2D eigenvalue weighted by atomic mass is 32.1. The van der Waals surface area contributed by atoms with E-state index in [-0.39, 0.29) is 22.8 Å². The molecule has 2 aliphatic heterocycles. The number of amides is 1. The van der Waals surface area contributed by atoms with Gasteiger partial charge >= 0.3 is 0 Å². The van der Waals surface area contributed by atoms with E-state index < -0.39 is 0 Å². The van der Waals surface area contributed by atoms with Crippen molar-refractivity contribution in [2.75, 3.05) is 44.2 Å². The number of likely N-dealkylation sites (tertiary alicyclic amines) is 1. The number of hydrogen-bond donors (Lipinski definition) is 1. The van der Waals surface area contributed by atoms with E-state index >= 15 is 0 Å². The molecule has 9 nitrogen and oxygen atoms in total. The average molecular weight is 540 g/mol. The van der Waals surface area contributed by atoms with E-state index in [1.54, 1.807) is 12.4 Å². The molecule has 0 aliphatic carbocycles. The lowest BCUT2D eigenvalue weighted by Gasteiger charge is -2.18. The first-order valence-corrected chi connectivity index (χ1v) is 14.4. The summed E-state index contributed by atoms with van der Waals surface area (Å²) in [7, 11) is 0. The highest BCUT2D eigenvalue weighted by molar-refractivity contribution is 7.24. The second-order valence-corrected chi connectivity index (χ2v) is 11.4. The molecule has 0 spiro atoms. The van der Waals surface area contributed by atoms with Gasteiger partial charge in [0.15, 0.2) is 5.65 Å². The van der Waals surface area contributed by atoms with Crippen LogP contribution >= 0.6 is 11.3 Å². The van der Waals surface area contributed by atoms with Crippen LogP contribution in [0.1, 0.15) is 41.2 Å². The number of carbonyl (C=O) groups excluding carboxylic acids is 1. The van der Waals surface area contributed by atoms with Gasteiger partial charge in [-0.15, -0.1) is 11.3 Å². The van der Waals surface area contributed by atoms with Crippen LogP contribution in [0.3, 0.4) is 0 Å². The summed E-state index contributed by atoms with van der Waals surface area (Å²) in [6.45, 7) is 5.09. The molecule has 2 aliphatic rings. The highest BCUT2D eigenvalue weighted by Crippen LogP contribution is 2.33. The summed E-state index contributed by atoms with van der Waals surface area (Å²) < 4.78 is 3.00. The summed E-state index contributed by atoms with van der Waals surface area (Å²) >= 11 is 1.46. The third kappa shape index (κ3) is 4.33. The van der Waals surface area contributed by atoms with Gasteiger partial charge in [0.2, 0.25) is 5.43 Å². The van der Waals surface area contributed by atoms with E-state index in [1.165, 1.54) is 24.2 Å². The van der Waals surface area contributed by atoms with Gasteiger partial charge in [0, 0.05) is 50.7 Å². The van der Waals surface area contributed by atoms with E-state index in [2.05, 4.69) is 25.1 Å². The molecule has 2 saturated heterocycles. The van der Waals surface area contributed by atoms with Crippen LogP contribution < -0.4 is 15.6 Å². The van der Waals surface area contributed by atoms with Crippen LogP contribution in [0.15, 0.2) is 59.8 Å². The van der Waals surface area contributed by atoms with Crippen molar-refractivity contribution in [3.8, 4) is 0 Å². The molecule has 4 aromatic heterocycles. The van der Waals surface area contributed by atoms with E-state index in [0.717, 1.165) is 60.9 Å². The highest BCUT2D eigenvalue weighted by Gasteiger charge is 2.28. The van der Waals surface area contributed by atoms with Crippen LogP contribution in [0.5, 0.6) is 0 Å². The predicted molar refractivity (Wildman–Crippen MR) is 154 cm³/mol. The van der Waals surface area contributed by atoms with Crippen molar-refractivity contribution in [2.24, 2.45) is 0 Å². The fraction of sp³-hybridized carbons (Fsp3) is 0.345. The zero-order valence-electron chi connectivity index (χ0n) is 21.5. The van der Waals surface area contributed by atoms with Crippen molar-refractivity contribution in [3.05, 3.63) is 76.5 Å². The van der Waals surface area contributed by atoms with E-state index in [4.69, 9.17) is 4.98 Å². The van der Waals surface area contributed by atoms with Crippen molar-refractivity contribution in [2.45, 2.75) is 25.2 Å². The van der Waals surface area contributed by atoms with Gasteiger partial charge in [0.25, 0.3) is 5.91 Å². The van der Waals surface area contributed by atoms with Gasteiger partial charge in [0.05, 0.1) is 21.3 Å². The first-order valence-electron chi connectivity index (χ1n) is 13.6. The summed E-state index contributed by atoms with van der Waals surface area (Å²) in [6.07, 6.45) is 8.63. The summed E-state index contributed by atoms with van der Waals surface area (Å²) in [5.74, 6) is 0.785. The van der Waals surface area contributed by atoms with Gasteiger partial charge in [0.1, 0.15) is 16.2 Å². The molecule has 0 bridgehead atoms. The molecule has 1 amide bonds. The van der Waals surface area contributed by atoms with Gasteiger partial charge in [-0.05, 0) is 56.6 Å². The molecule has 1 N–H and O–H groups in total. The minimum Gasteiger partial charge on any atom is -0.356 e. The molecule has 1 atom stereocenters. The van der Waals surface area contributed by atoms with Crippen LogP contribution in [-0.4, -0.2) is 69.4 Å². The number of pyridine rings is 2. The number of nitrogens with zero attached hydrogens (tertiary/aromatic N) is 6. The summed E-state index contributed by atoms with van der Waals surface area (Å²) in [6, 6.07) is 11.7. The Morgan fingerprint density at radius 3 is 2.79 bits per heavy atom. The maximum Gasteiger partial charge on any atom is 0.258 e. The van der Waals surface area contributed by atoms with Crippen LogP contribution in [-0.2, 0) is 0 Å². The number of nitrogens with one attached hydrogen (secondary N) is 1. The molecule has 1 unspecified atom stereocenters. The Bertz CT molecular complexity index is 1740. The molecule has 198 valence electrons. The maximum absolute atomic E-state index is 13.8. The fourth-order valence-electron chi connectivity index (χ4n) is 5.91. The summed E-state index contributed by atoms with van der Waals surface area (Å²) in [5, 5.41) is 3.47. The molecule has 6 heterocycles. The van der Waals surface area contributed by atoms with Crippen LogP contribution in [0, 0.1) is 0 Å². The molecule has 7 rings (SSSR count). The Balaban J connectivity index is 1.29. The third-order valence-corrected chi connectivity index (χ3v) is 9.07. The van der Waals surface area contributed by atoms with Crippen molar-refractivity contribution in [3.63, 3.8) is 0 Å². The van der Waals surface area contributed by atoms with Crippen LogP contribution in [0.4, 0.5) is 5.82 Å². The lowest BCUT2D eigenvalue weighted by Crippen LogP contribution is -2.35. The Morgan fingerprint density at radius 2 is 1.95 bits per heavy atom. The van der Waals surface area contributed by atoms with E-state index in [0.29, 0.717) is 22.4 Å². The third-order valence-electron chi connectivity index (χ3n) is 7.93. The van der Waals surface area contributed by atoms with Gasteiger partial charge in [-0.25, -0.2) is 4.98 Å². The lowest BCUT2D eigenvalue weighted by molar-refractivity contribution is 0.0950. The molecular weight excluding hydrogens is 510 g/mol. The first kappa shape index (κ1) is 24.2. The predicted octanol–water partition coefficient (Wildman–Crippen LogP) is 3.67. The van der Waals surface area contributed by atoms with Crippen LogP contribution in [0.25, 0.3) is 26.1 Å². The van der Waals surface area contributed by atoms with E-state index in [9.17, 15) is 9.59 Å². The minimum absolute atomic E-state index is 0.198. The SMILES string of the molecule is O=C(NCCN1CCCC1)c1c(=O)c2ccc(N3CCC(c4cnccn4)C3)nc2n2c1sc1ccccc12.